The highest BCUT2D eigenvalue weighted by Gasteiger charge is 2.12. The number of nitrogens with one attached hydrogen (secondary N) is 2. The second kappa shape index (κ2) is 6.79. The monoisotopic (exact) mass is 346 g/mol. The van der Waals surface area contributed by atoms with Crippen molar-refractivity contribution in [2.24, 2.45) is 0 Å². The highest BCUT2D eigenvalue weighted by Crippen LogP contribution is 2.18. The van der Waals surface area contributed by atoms with Crippen LogP contribution in [0.1, 0.15) is 28.5 Å². The Kier molecular flexibility index (Phi) is 4.18. The Morgan fingerprint density at radius 2 is 2.12 bits per heavy atom. The number of H-pyrrole nitrogens is 1. The fraction of sp³-hybridized carbons (Fsp3) is 0.158. The lowest BCUT2D eigenvalue weighted by atomic mass is 10.1. The van der Waals surface area contributed by atoms with Crippen LogP contribution in [0.3, 0.4) is 0 Å². The van der Waals surface area contributed by atoms with Gasteiger partial charge in [0.2, 0.25) is 0 Å². The number of benzene rings is 1. The Morgan fingerprint density at radius 1 is 1.27 bits per heavy atom. The molecule has 26 heavy (non-hydrogen) atoms. The van der Waals surface area contributed by atoms with Crippen LogP contribution in [0.2, 0.25) is 0 Å². The van der Waals surface area contributed by atoms with Crippen molar-refractivity contribution >= 4 is 11.6 Å². The fourth-order valence-electron chi connectivity index (χ4n) is 2.77. The number of amides is 1. The third-order valence-electron chi connectivity index (χ3n) is 4.27. The number of aromatic amines is 1. The van der Waals surface area contributed by atoms with E-state index < -0.39 is 0 Å². The first-order chi connectivity index (χ1) is 12.7. The molecule has 0 aliphatic heterocycles. The molecule has 0 aliphatic rings. The molecule has 1 amide bonds. The second-order valence-corrected chi connectivity index (χ2v) is 5.96. The quantitative estimate of drug-likeness (QED) is 0.581. The van der Waals surface area contributed by atoms with E-state index in [-0.39, 0.29) is 5.91 Å². The van der Waals surface area contributed by atoms with Gasteiger partial charge in [-0.2, -0.15) is 10.2 Å². The maximum atomic E-state index is 12.4. The van der Waals surface area contributed by atoms with Crippen molar-refractivity contribution in [2.45, 2.75) is 19.9 Å². The summed E-state index contributed by atoms with van der Waals surface area (Å²) in [6.45, 7) is 2.46. The number of rotatable bonds is 5. The van der Waals surface area contributed by atoms with Crippen molar-refractivity contribution in [1.82, 2.24) is 30.1 Å². The van der Waals surface area contributed by atoms with E-state index in [4.69, 9.17) is 0 Å². The summed E-state index contributed by atoms with van der Waals surface area (Å²) >= 11 is 0. The summed E-state index contributed by atoms with van der Waals surface area (Å²) in [5, 5.41) is 14.1. The van der Waals surface area contributed by atoms with Gasteiger partial charge in [0.25, 0.3) is 5.91 Å². The lowest BCUT2D eigenvalue weighted by molar-refractivity contribution is 0.0946. The minimum absolute atomic E-state index is 0.218. The summed E-state index contributed by atoms with van der Waals surface area (Å²) < 4.78 is 1.68. The summed E-state index contributed by atoms with van der Waals surface area (Å²) in [4.78, 5) is 16.7. The maximum Gasteiger partial charge on any atom is 0.269 e. The molecule has 0 aliphatic carbocycles. The van der Waals surface area contributed by atoms with Gasteiger partial charge < -0.3 is 5.32 Å². The van der Waals surface area contributed by atoms with E-state index in [0.717, 1.165) is 28.9 Å². The number of aryl methyl sites for hydroxylation is 1. The summed E-state index contributed by atoms with van der Waals surface area (Å²) in [6.07, 6.45) is 6.22. The minimum atomic E-state index is -0.218. The van der Waals surface area contributed by atoms with Crippen LogP contribution in [-0.2, 0) is 13.0 Å². The van der Waals surface area contributed by atoms with Gasteiger partial charge in [0.05, 0.1) is 11.9 Å². The molecule has 3 aromatic heterocycles. The zero-order chi connectivity index (χ0) is 17.9. The Morgan fingerprint density at radius 3 is 2.92 bits per heavy atom. The third kappa shape index (κ3) is 3.06. The van der Waals surface area contributed by atoms with Gasteiger partial charge in [-0.3, -0.25) is 9.89 Å². The van der Waals surface area contributed by atoms with E-state index in [1.807, 2.05) is 24.4 Å². The lowest BCUT2D eigenvalue weighted by Gasteiger charge is -2.01. The first-order valence-corrected chi connectivity index (χ1v) is 8.44. The van der Waals surface area contributed by atoms with Gasteiger partial charge in [0.15, 0.2) is 5.65 Å². The predicted octanol–water partition coefficient (Wildman–Crippen LogP) is 2.61. The van der Waals surface area contributed by atoms with Gasteiger partial charge >= 0.3 is 0 Å². The van der Waals surface area contributed by atoms with Gasteiger partial charge in [0.1, 0.15) is 5.69 Å². The number of nitrogens with zero attached hydrogens (tertiary/aromatic N) is 4. The van der Waals surface area contributed by atoms with Crippen molar-refractivity contribution in [3.05, 3.63) is 71.8 Å². The van der Waals surface area contributed by atoms with Crippen molar-refractivity contribution < 1.29 is 4.79 Å². The predicted molar refractivity (Wildman–Crippen MR) is 97.6 cm³/mol. The molecule has 7 nitrogen and oxygen atoms in total. The zero-order valence-corrected chi connectivity index (χ0v) is 14.3. The summed E-state index contributed by atoms with van der Waals surface area (Å²) in [5.41, 5.74) is 5.00. The normalized spacial score (nSPS) is 11.0. The Balaban J connectivity index is 1.46. The first-order valence-electron chi connectivity index (χ1n) is 8.44. The number of fused-ring (bicyclic) bond motifs is 1. The molecule has 0 fully saturated rings. The van der Waals surface area contributed by atoms with Crippen LogP contribution < -0.4 is 5.32 Å². The highest BCUT2D eigenvalue weighted by atomic mass is 16.1. The molecule has 0 atom stereocenters. The molecule has 4 aromatic rings. The SMILES string of the molecule is CCc1ccc(-c2cc(C(=O)NCc3cnn4cccnc34)[nH]n2)cc1. The Bertz CT molecular complexity index is 1050. The Labute approximate surface area is 150 Å². The molecule has 0 saturated heterocycles. The number of hydrogen-bond donors (Lipinski definition) is 2. The van der Waals surface area contributed by atoms with Gasteiger partial charge in [-0.1, -0.05) is 31.2 Å². The van der Waals surface area contributed by atoms with Crippen LogP contribution in [-0.4, -0.2) is 30.7 Å². The summed E-state index contributed by atoms with van der Waals surface area (Å²) in [7, 11) is 0. The minimum Gasteiger partial charge on any atom is -0.346 e. The van der Waals surface area contributed by atoms with Gasteiger partial charge in [-0.05, 0) is 24.1 Å². The van der Waals surface area contributed by atoms with E-state index in [1.165, 1.54) is 5.56 Å². The number of hydrogen-bond acceptors (Lipinski definition) is 4. The smallest absolute Gasteiger partial charge is 0.269 e. The molecule has 2 N–H and O–H groups in total. The van der Waals surface area contributed by atoms with Gasteiger partial charge in [-0.15, -0.1) is 0 Å². The van der Waals surface area contributed by atoms with E-state index >= 15 is 0 Å². The fourth-order valence-corrected chi connectivity index (χ4v) is 2.77. The molecule has 0 radical (unpaired) electrons. The molecule has 0 spiro atoms. The van der Waals surface area contributed by atoms with Gasteiger partial charge in [-0.25, -0.2) is 9.50 Å². The molecule has 4 rings (SSSR count). The number of aromatic nitrogens is 5. The lowest BCUT2D eigenvalue weighted by Crippen LogP contribution is -2.23. The van der Waals surface area contributed by atoms with Crippen LogP contribution in [0.4, 0.5) is 0 Å². The van der Waals surface area contributed by atoms with E-state index in [1.54, 1.807) is 23.0 Å². The van der Waals surface area contributed by atoms with Crippen LogP contribution in [0, 0.1) is 0 Å². The standard InChI is InChI=1S/C19H18N6O/c1-2-13-4-6-14(7-5-13)16-10-17(24-23-16)19(26)21-11-15-12-22-25-9-3-8-20-18(15)25/h3-10,12H,2,11H2,1H3,(H,21,26)(H,23,24). The first kappa shape index (κ1) is 16.0. The van der Waals surface area contributed by atoms with Crippen molar-refractivity contribution in [1.29, 1.82) is 0 Å². The molecule has 1 aromatic carbocycles. The zero-order valence-electron chi connectivity index (χ0n) is 14.3. The van der Waals surface area contributed by atoms with Crippen molar-refractivity contribution in [2.75, 3.05) is 0 Å². The third-order valence-corrected chi connectivity index (χ3v) is 4.27. The van der Waals surface area contributed by atoms with Crippen LogP contribution in [0.5, 0.6) is 0 Å². The largest absolute Gasteiger partial charge is 0.346 e. The molecular weight excluding hydrogens is 328 g/mol. The van der Waals surface area contributed by atoms with E-state index in [9.17, 15) is 4.79 Å². The van der Waals surface area contributed by atoms with E-state index in [0.29, 0.717) is 12.2 Å². The summed E-state index contributed by atoms with van der Waals surface area (Å²) in [6, 6.07) is 11.7. The number of carbonyl (C=O) groups is 1. The van der Waals surface area contributed by atoms with E-state index in [2.05, 4.69) is 44.7 Å². The highest BCUT2D eigenvalue weighted by molar-refractivity contribution is 5.93. The second-order valence-electron chi connectivity index (χ2n) is 5.96. The molecule has 3 heterocycles. The van der Waals surface area contributed by atoms with Crippen LogP contribution in [0.15, 0.2) is 55.0 Å². The summed E-state index contributed by atoms with van der Waals surface area (Å²) in [5.74, 6) is -0.218. The topological polar surface area (TPSA) is 88.0 Å². The molecule has 0 saturated carbocycles. The van der Waals surface area contributed by atoms with Crippen LogP contribution >= 0.6 is 0 Å². The van der Waals surface area contributed by atoms with Gasteiger partial charge in [0, 0.05) is 30.1 Å². The van der Waals surface area contributed by atoms with Crippen LogP contribution in [0.25, 0.3) is 16.9 Å². The number of carbonyl (C=O) groups excluding carboxylic acids is 1. The Hall–Kier alpha value is -3.48. The molecule has 130 valence electrons. The molecular formula is C19H18N6O. The van der Waals surface area contributed by atoms with Crippen molar-refractivity contribution in [3.63, 3.8) is 0 Å². The maximum absolute atomic E-state index is 12.4. The average Bonchev–Trinajstić information content (AvgIpc) is 3.34. The molecule has 7 heteroatoms. The average molecular weight is 346 g/mol. The molecule has 0 bridgehead atoms. The molecule has 0 unspecified atom stereocenters. The van der Waals surface area contributed by atoms with Crippen molar-refractivity contribution in [3.8, 4) is 11.3 Å².